The van der Waals surface area contributed by atoms with Crippen molar-refractivity contribution in [1.29, 1.82) is 0 Å². The smallest absolute Gasteiger partial charge is 0.217 e. The molecule has 2 aliphatic rings. The van der Waals surface area contributed by atoms with E-state index in [2.05, 4.69) is 75.2 Å². The van der Waals surface area contributed by atoms with Crippen molar-refractivity contribution in [3.63, 3.8) is 0 Å². The molecule has 7 nitrogen and oxygen atoms in total. The van der Waals surface area contributed by atoms with Gasteiger partial charge in [0, 0.05) is 31.6 Å². The highest BCUT2D eigenvalue weighted by Gasteiger charge is 2.43. The fourth-order valence-corrected chi connectivity index (χ4v) is 4.54. The van der Waals surface area contributed by atoms with E-state index in [0.29, 0.717) is 18.9 Å². The maximum Gasteiger partial charge on any atom is 0.217 e. The van der Waals surface area contributed by atoms with Gasteiger partial charge in [-0.3, -0.25) is 9.79 Å². The minimum absolute atomic E-state index is 0.0389. The Kier molecular flexibility index (Phi) is 6.80. The summed E-state index contributed by atoms with van der Waals surface area (Å²) in [5, 5.41) is 6.39. The van der Waals surface area contributed by atoms with Gasteiger partial charge in [-0.2, -0.15) is 0 Å². The van der Waals surface area contributed by atoms with Gasteiger partial charge in [0.25, 0.3) is 0 Å². The molecule has 180 valence electrons. The van der Waals surface area contributed by atoms with Crippen molar-refractivity contribution < 1.29 is 4.79 Å². The summed E-state index contributed by atoms with van der Waals surface area (Å²) in [5.74, 6) is 1.45. The van der Waals surface area contributed by atoms with Crippen molar-refractivity contribution in [2.75, 3.05) is 0 Å². The molecule has 1 aliphatic heterocycles. The maximum absolute atomic E-state index is 11.2. The van der Waals surface area contributed by atoms with Gasteiger partial charge in [-0.15, -0.1) is 0 Å². The quantitative estimate of drug-likeness (QED) is 0.536. The molecule has 0 spiro atoms. The molecule has 36 heavy (non-hydrogen) atoms. The van der Waals surface area contributed by atoms with Crippen LogP contribution in [0.1, 0.15) is 35.6 Å². The zero-order valence-corrected chi connectivity index (χ0v) is 20.2. The van der Waals surface area contributed by atoms with E-state index in [-0.39, 0.29) is 11.3 Å². The Morgan fingerprint density at radius 3 is 2.53 bits per heavy atom. The first-order chi connectivity index (χ1) is 17.6. The number of benzene rings is 2. The van der Waals surface area contributed by atoms with Crippen LogP contribution in [-0.2, 0) is 24.3 Å². The standard InChI is InChI=1S/C29H28N6O/c1-21(36)32-16-23-10-12-24(13-11-23)17-33-28-29(15-22-7-3-2-4-8-22)14-6-5-9-26(29)34-27(35-28)25-18-30-20-31-19-25/h2-13,18-20H,14-17H2,1H3,(H,32,36)(H,33,34,35). The molecule has 0 fully saturated rings. The van der Waals surface area contributed by atoms with Gasteiger partial charge in [-0.05, 0) is 35.6 Å². The van der Waals surface area contributed by atoms with Gasteiger partial charge in [0.15, 0.2) is 0 Å². The molecule has 2 heterocycles. The lowest BCUT2D eigenvalue weighted by atomic mass is 9.71. The number of hydrogen-bond donors (Lipinski definition) is 2. The molecular formula is C29H28N6O. The van der Waals surface area contributed by atoms with E-state index in [1.165, 1.54) is 18.8 Å². The van der Waals surface area contributed by atoms with E-state index in [1.807, 2.05) is 18.2 Å². The van der Waals surface area contributed by atoms with Gasteiger partial charge in [-0.25, -0.2) is 15.0 Å². The van der Waals surface area contributed by atoms with E-state index >= 15 is 0 Å². The average molecular weight is 477 g/mol. The lowest BCUT2D eigenvalue weighted by Crippen LogP contribution is -2.47. The monoisotopic (exact) mass is 476 g/mol. The van der Waals surface area contributed by atoms with Crippen LogP contribution in [0.3, 0.4) is 0 Å². The molecule has 0 bridgehead atoms. The number of carbonyl (C=O) groups is 1. The molecule has 5 rings (SSSR count). The number of nitrogens with one attached hydrogen (secondary N) is 2. The first kappa shape index (κ1) is 23.4. The van der Waals surface area contributed by atoms with Crippen LogP contribution in [0, 0.1) is 5.41 Å². The van der Waals surface area contributed by atoms with Gasteiger partial charge in [0.2, 0.25) is 5.91 Å². The number of nitrogens with zero attached hydrogens (tertiary/aromatic N) is 4. The molecule has 7 heteroatoms. The Balaban J connectivity index is 1.50. The number of fused-ring (bicyclic) bond motifs is 1. The molecule has 1 aliphatic carbocycles. The molecule has 2 N–H and O–H groups in total. The highest BCUT2D eigenvalue weighted by Crippen LogP contribution is 2.41. The second kappa shape index (κ2) is 10.5. The van der Waals surface area contributed by atoms with Crippen LogP contribution in [-0.4, -0.2) is 27.5 Å². The highest BCUT2D eigenvalue weighted by atomic mass is 16.1. The summed E-state index contributed by atoms with van der Waals surface area (Å²) in [7, 11) is 0. The number of amides is 1. The first-order valence-electron chi connectivity index (χ1n) is 12.0. The van der Waals surface area contributed by atoms with Crippen molar-refractivity contribution in [1.82, 2.24) is 20.6 Å². The number of aromatic nitrogens is 2. The Labute approximate surface area is 210 Å². The fraction of sp³-hybridized carbons (Fsp3) is 0.207. The Morgan fingerprint density at radius 2 is 1.78 bits per heavy atom. The summed E-state index contributed by atoms with van der Waals surface area (Å²) in [6, 6.07) is 18.6. The SMILES string of the molecule is CC(=O)NCc1ccc(CN=C2N=C(c3cncnc3)NC3=CC=CCC32Cc2ccccc2)cc1. The molecule has 0 saturated carbocycles. The number of hydrogen-bond acceptors (Lipinski definition) is 5. The van der Waals surface area contributed by atoms with E-state index in [1.54, 1.807) is 12.4 Å². The highest BCUT2D eigenvalue weighted by molar-refractivity contribution is 6.12. The normalized spacial score (nSPS) is 19.6. The molecule has 1 unspecified atom stereocenters. The van der Waals surface area contributed by atoms with Crippen molar-refractivity contribution in [3.8, 4) is 0 Å². The molecule has 1 amide bonds. The Bertz CT molecular complexity index is 1340. The second-order valence-electron chi connectivity index (χ2n) is 9.04. The molecule has 2 aromatic carbocycles. The number of amidine groups is 2. The molecule has 1 atom stereocenters. The Morgan fingerprint density at radius 1 is 1.03 bits per heavy atom. The largest absolute Gasteiger partial charge is 0.352 e. The first-order valence-corrected chi connectivity index (χ1v) is 12.0. The predicted molar refractivity (Wildman–Crippen MR) is 141 cm³/mol. The topological polar surface area (TPSA) is 91.6 Å². The summed E-state index contributed by atoms with van der Waals surface area (Å²) in [6.07, 6.45) is 13.0. The van der Waals surface area contributed by atoms with Gasteiger partial charge in [0.05, 0.1) is 17.5 Å². The average Bonchev–Trinajstić information content (AvgIpc) is 2.92. The Hall–Kier alpha value is -4.39. The van der Waals surface area contributed by atoms with Crippen LogP contribution in [0.15, 0.2) is 107 Å². The van der Waals surface area contributed by atoms with Crippen LogP contribution < -0.4 is 10.6 Å². The predicted octanol–water partition coefficient (Wildman–Crippen LogP) is 4.13. The minimum atomic E-state index is -0.388. The zero-order chi connectivity index (χ0) is 24.8. The molecule has 3 aromatic rings. The molecular weight excluding hydrogens is 448 g/mol. The van der Waals surface area contributed by atoms with Crippen molar-refractivity contribution in [3.05, 3.63) is 119 Å². The number of carbonyl (C=O) groups excluding carboxylic acids is 1. The summed E-state index contributed by atoms with van der Waals surface area (Å²) in [4.78, 5) is 29.7. The van der Waals surface area contributed by atoms with Gasteiger partial charge in [0.1, 0.15) is 18.0 Å². The fourth-order valence-electron chi connectivity index (χ4n) is 4.54. The van der Waals surface area contributed by atoms with E-state index < -0.39 is 0 Å². The zero-order valence-electron chi connectivity index (χ0n) is 20.2. The second-order valence-corrected chi connectivity index (χ2v) is 9.04. The van der Waals surface area contributed by atoms with Gasteiger partial charge >= 0.3 is 0 Å². The maximum atomic E-state index is 11.2. The lowest BCUT2D eigenvalue weighted by molar-refractivity contribution is -0.119. The summed E-state index contributed by atoms with van der Waals surface area (Å²) >= 11 is 0. The lowest BCUT2D eigenvalue weighted by Gasteiger charge is -2.40. The van der Waals surface area contributed by atoms with Gasteiger partial charge in [-0.1, -0.05) is 66.7 Å². The third-order valence-electron chi connectivity index (χ3n) is 6.44. The number of allylic oxidation sites excluding steroid dienone is 3. The number of aliphatic imine (C=N–C) groups is 2. The van der Waals surface area contributed by atoms with Crippen LogP contribution in [0.25, 0.3) is 0 Å². The summed E-state index contributed by atoms with van der Waals surface area (Å²) in [6.45, 7) is 2.54. The molecule has 0 radical (unpaired) electrons. The van der Waals surface area contributed by atoms with Gasteiger partial charge < -0.3 is 10.6 Å². The third kappa shape index (κ3) is 5.15. The minimum Gasteiger partial charge on any atom is -0.352 e. The van der Waals surface area contributed by atoms with Crippen molar-refractivity contribution >= 4 is 17.6 Å². The summed E-state index contributed by atoms with van der Waals surface area (Å²) < 4.78 is 0. The van der Waals surface area contributed by atoms with Crippen LogP contribution in [0.5, 0.6) is 0 Å². The number of rotatable bonds is 7. The summed E-state index contributed by atoms with van der Waals surface area (Å²) in [5.41, 5.74) is 4.87. The van der Waals surface area contributed by atoms with Crippen molar-refractivity contribution in [2.45, 2.75) is 32.9 Å². The van der Waals surface area contributed by atoms with Crippen molar-refractivity contribution in [2.24, 2.45) is 15.4 Å². The van der Waals surface area contributed by atoms with Crippen LogP contribution in [0.4, 0.5) is 0 Å². The molecule has 0 saturated heterocycles. The van der Waals surface area contributed by atoms with Crippen LogP contribution in [0.2, 0.25) is 0 Å². The van der Waals surface area contributed by atoms with E-state index in [4.69, 9.17) is 9.98 Å². The third-order valence-corrected chi connectivity index (χ3v) is 6.44. The van der Waals surface area contributed by atoms with E-state index in [0.717, 1.165) is 41.1 Å². The van der Waals surface area contributed by atoms with Crippen LogP contribution >= 0.6 is 0 Å². The molecule has 1 aromatic heterocycles. The van der Waals surface area contributed by atoms with E-state index in [9.17, 15) is 4.79 Å².